The number of hydrogen-bond donors (Lipinski definition) is 0. The Morgan fingerprint density at radius 2 is 0.571 bits per heavy atom. The predicted molar refractivity (Wildman–Crippen MR) is 290 cm³/mol. The second kappa shape index (κ2) is 38.0. The van der Waals surface area contributed by atoms with Gasteiger partial charge >= 0.3 is 50.6 Å². The van der Waals surface area contributed by atoms with Crippen molar-refractivity contribution in [3.05, 3.63) is 319 Å². The van der Waals surface area contributed by atoms with Crippen LogP contribution in [0.25, 0.3) is 0 Å². The molecule has 4 aliphatic carbocycles. The molecule has 6 aromatic rings. The average molecular weight is 1150 g/mol. The molecule has 0 aromatic heterocycles. The van der Waals surface area contributed by atoms with Gasteiger partial charge in [-0.25, -0.2) is 0 Å². The minimum Gasteiger partial charge on any atom is -0.857 e. The Hall–Kier alpha value is -5.67. The first-order chi connectivity index (χ1) is 36.5. The zero-order chi connectivity index (χ0) is 51.1. The van der Waals surface area contributed by atoms with Crippen molar-refractivity contribution in [2.24, 2.45) is 20.4 Å². The standard InChI is InChI=1S/2C27H23N2O3.2C5H5.2Fe.Ni/c2*30-27(29-28-18-21-9-7-8-10-21)24-15-25(31-19-22-11-3-1-4-12-22)17-26(16-24)32-20-23-13-5-2-6-14-23;2*1-2-4-5-3-1;;;/h2*1-18H,19-20H2,(H,29,30);2*1-5H;;;/q;;;;3*+2/p-2/b2*28-18+;;;;;. The zero-order valence-electron chi connectivity index (χ0n) is 41.6. The SMILES string of the molecule is [CH]1[CH][CH][CH][CH]1.[CH]1[CH][CH][CH][CH]1.[Fe+2].[Fe+2].[Ni+2].[O-]/C(=N/N=C/[C]1[CH][CH][CH][CH]1)c1cc(OCc2ccccc2)cc(OCc2ccccc2)c1.[O-]/C(=N\N=C\[C]1[CH][CH][CH][CH]1)c1cc(OCc2ccccc2)cc(OCc2ccccc2)c1. The minimum absolute atomic E-state index is 0. The predicted octanol–water partition coefficient (Wildman–Crippen LogP) is 10.7. The molecule has 388 valence electrons. The maximum Gasteiger partial charge on any atom is 2.00 e. The summed E-state index contributed by atoms with van der Waals surface area (Å²) in [5.74, 6) is 2.93. The normalized spacial score (nSPS) is 15.3. The second-order valence-corrected chi connectivity index (χ2v) is 16.1. The molecule has 0 bridgehead atoms. The fourth-order valence-electron chi connectivity index (χ4n) is 6.69. The number of hydrogen-bond acceptors (Lipinski definition) is 10. The summed E-state index contributed by atoms with van der Waals surface area (Å²) in [7, 11) is 0. The Morgan fingerprint density at radius 1 is 0.338 bits per heavy atom. The van der Waals surface area contributed by atoms with Gasteiger partial charge in [0.2, 0.25) is 0 Å². The van der Waals surface area contributed by atoms with Gasteiger partial charge in [0.25, 0.3) is 0 Å². The van der Waals surface area contributed by atoms with E-state index in [1.807, 2.05) is 237 Å². The van der Waals surface area contributed by atoms with E-state index in [2.05, 4.69) is 20.4 Å². The van der Waals surface area contributed by atoms with E-state index in [1.165, 1.54) is 0 Å². The van der Waals surface area contributed by atoms with E-state index in [-0.39, 0.29) is 50.6 Å². The van der Waals surface area contributed by atoms with E-state index in [1.54, 1.807) is 48.8 Å². The molecule has 0 saturated heterocycles. The van der Waals surface area contributed by atoms with Crippen LogP contribution in [0.5, 0.6) is 23.0 Å². The first-order valence-electron chi connectivity index (χ1n) is 23.8. The molecule has 13 heteroatoms. The second-order valence-electron chi connectivity index (χ2n) is 16.1. The summed E-state index contributed by atoms with van der Waals surface area (Å²) >= 11 is 0. The van der Waals surface area contributed by atoms with Gasteiger partial charge < -0.3 is 29.2 Å². The van der Waals surface area contributed by atoms with Gasteiger partial charge in [0, 0.05) is 48.2 Å². The first kappa shape index (κ1) is 63.9. The van der Waals surface area contributed by atoms with Gasteiger partial charge in [-0.15, -0.1) is 0 Å². The Kier molecular flexibility index (Phi) is 31.5. The summed E-state index contributed by atoms with van der Waals surface area (Å²) in [6, 6.07) is 49.5. The van der Waals surface area contributed by atoms with E-state index in [0.717, 1.165) is 34.1 Å². The van der Waals surface area contributed by atoms with E-state index < -0.39 is 11.8 Å². The molecule has 4 aliphatic rings. The quantitative estimate of drug-likeness (QED) is 0.0364. The molecule has 10 nitrogen and oxygen atoms in total. The molecule has 0 aliphatic heterocycles. The van der Waals surface area contributed by atoms with Crippen LogP contribution in [-0.4, -0.2) is 24.2 Å². The van der Waals surface area contributed by atoms with Gasteiger partial charge in [-0.05, 0) is 173 Å². The number of benzene rings is 6. The monoisotopic (exact) mass is 1140 g/mol. The molecule has 20 radical (unpaired) electrons. The molecule has 0 spiro atoms. The van der Waals surface area contributed by atoms with Crippen molar-refractivity contribution in [1.82, 2.24) is 0 Å². The van der Waals surface area contributed by atoms with Crippen LogP contribution >= 0.6 is 0 Å². The third-order valence-corrected chi connectivity index (χ3v) is 10.4. The summed E-state index contributed by atoms with van der Waals surface area (Å²) in [6.07, 6.45) is 38.2. The summed E-state index contributed by atoms with van der Waals surface area (Å²) in [4.78, 5) is 0. The van der Waals surface area contributed by atoms with Crippen molar-refractivity contribution in [1.29, 1.82) is 0 Å². The fraction of sp³-hybridized carbons (Fsp3) is 0.0625. The van der Waals surface area contributed by atoms with Crippen LogP contribution in [0.3, 0.4) is 0 Å². The minimum atomic E-state index is -0.470. The molecule has 0 N–H and O–H groups in total. The van der Waals surface area contributed by atoms with Gasteiger partial charge in [0.15, 0.2) is 0 Å². The summed E-state index contributed by atoms with van der Waals surface area (Å²) in [5, 5.41) is 40.7. The number of rotatable bonds is 18. The molecule has 0 amide bonds. The molecule has 77 heavy (non-hydrogen) atoms. The third-order valence-electron chi connectivity index (χ3n) is 10.4. The largest absolute Gasteiger partial charge is 2.00 e. The maximum absolute atomic E-state index is 12.6. The Morgan fingerprint density at radius 3 is 0.805 bits per heavy atom. The van der Waals surface area contributed by atoms with Crippen molar-refractivity contribution < 1.29 is 79.8 Å². The van der Waals surface area contributed by atoms with E-state index >= 15 is 0 Å². The Balaban J connectivity index is 0.000000271. The average Bonchev–Trinajstić information content (AvgIpc) is 4.34. The molecule has 4 fully saturated rings. The van der Waals surface area contributed by atoms with Crippen LogP contribution in [0.4, 0.5) is 0 Å². The smallest absolute Gasteiger partial charge is 0.857 e. The van der Waals surface area contributed by atoms with Crippen molar-refractivity contribution in [3.63, 3.8) is 0 Å². The van der Waals surface area contributed by atoms with E-state index in [4.69, 9.17) is 18.9 Å². The van der Waals surface area contributed by atoms with Crippen molar-refractivity contribution in [2.75, 3.05) is 0 Å². The molecule has 10 rings (SSSR count). The van der Waals surface area contributed by atoms with Gasteiger partial charge in [0.1, 0.15) is 49.4 Å². The van der Waals surface area contributed by atoms with Gasteiger partial charge in [0.05, 0.1) is 0 Å². The van der Waals surface area contributed by atoms with Crippen molar-refractivity contribution >= 4 is 24.2 Å². The van der Waals surface area contributed by atoms with Crippen LogP contribution in [0.2, 0.25) is 0 Å². The van der Waals surface area contributed by atoms with Gasteiger partial charge in [-0.3, -0.25) is 0 Å². The van der Waals surface area contributed by atoms with Crippen LogP contribution in [0.15, 0.2) is 178 Å². The van der Waals surface area contributed by atoms with Crippen LogP contribution in [0, 0.1) is 127 Å². The molecule has 0 heterocycles. The molecule has 0 unspecified atom stereocenters. The van der Waals surface area contributed by atoms with Crippen LogP contribution < -0.4 is 29.2 Å². The molecule has 6 aromatic carbocycles. The Labute approximate surface area is 489 Å². The third kappa shape index (κ3) is 25.1. The molecule has 0 atom stereocenters. The number of nitrogens with zero attached hydrogens (tertiary/aromatic N) is 4. The number of ether oxygens (including phenoxy) is 4. The van der Waals surface area contributed by atoms with Gasteiger partial charge in [-0.1, -0.05) is 121 Å². The summed E-state index contributed by atoms with van der Waals surface area (Å²) in [6.45, 7) is 1.51. The van der Waals surface area contributed by atoms with Crippen molar-refractivity contribution in [2.45, 2.75) is 26.4 Å². The first-order valence-corrected chi connectivity index (χ1v) is 23.8. The maximum atomic E-state index is 12.6. The fourth-order valence-corrected chi connectivity index (χ4v) is 6.69. The summed E-state index contributed by atoms with van der Waals surface area (Å²) in [5.41, 5.74) is 4.80. The molecular formula is C64H54Fe2N4NiO6+4. The van der Waals surface area contributed by atoms with Crippen molar-refractivity contribution in [3.8, 4) is 23.0 Å². The van der Waals surface area contributed by atoms with E-state index in [0.29, 0.717) is 60.6 Å². The molecule has 4 saturated carbocycles. The summed E-state index contributed by atoms with van der Waals surface area (Å²) < 4.78 is 23.7. The molecular weight excluding hydrogens is 1090 g/mol. The topological polar surface area (TPSA) is 132 Å². The van der Waals surface area contributed by atoms with Crippen LogP contribution in [0.1, 0.15) is 33.4 Å². The van der Waals surface area contributed by atoms with Crippen LogP contribution in [-0.2, 0) is 77.1 Å². The Bertz CT molecular complexity index is 2300. The van der Waals surface area contributed by atoms with E-state index in [9.17, 15) is 10.2 Å². The zero-order valence-corrected chi connectivity index (χ0v) is 44.8. The van der Waals surface area contributed by atoms with Gasteiger partial charge in [-0.2, -0.15) is 20.4 Å².